The molecule has 1 rings (SSSR count). The molecule has 84 valence electrons. The molecule has 4 N–H and O–H groups in total. The molecule has 15 heavy (non-hydrogen) atoms. The van der Waals surface area contributed by atoms with Gasteiger partial charge < -0.3 is 16.4 Å². The van der Waals surface area contributed by atoms with Crippen LogP contribution < -0.4 is 16.4 Å². The number of hydrogen-bond donors (Lipinski definition) is 2. The van der Waals surface area contributed by atoms with Gasteiger partial charge in [-0.25, -0.2) is 0 Å². The lowest BCUT2D eigenvalue weighted by atomic mass is 10.2. The fraction of sp³-hybridized carbons (Fsp3) is 0.600. The van der Waals surface area contributed by atoms with Gasteiger partial charge in [-0.05, 0) is 13.3 Å². The molecule has 0 bridgehead atoms. The molecule has 0 saturated heterocycles. The zero-order valence-corrected chi connectivity index (χ0v) is 9.57. The largest absolute Gasteiger partial charge is 0.383 e. The quantitative estimate of drug-likeness (QED) is 0.780. The molecular weight excluding hydrogens is 190 g/mol. The summed E-state index contributed by atoms with van der Waals surface area (Å²) in [5, 5.41) is 0. The van der Waals surface area contributed by atoms with Crippen LogP contribution in [0.3, 0.4) is 0 Å². The molecule has 1 aromatic rings. The van der Waals surface area contributed by atoms with E-state index in [4.69, 9.17) is 11.5 Å². The molecule has 5 heteroatoms. The number of nitrogens with two attached hydrogens (primary N) is 2. The van der Waals surface area contributed by atoms with E-state index in [1.807, 2.05) is 7.05 Å². The van der Waals surface area contributed by atoms with Crippen LogP contribution in [0.2, 0.25) is 0 Å². The van der Waals surface area contributed by atoms with Crippen LogP contribution in [0.5, 0.6) is 0 Å². The van der Waals surface area contributed by atoms with E-state index in [-0.39, 0.29) is 5.95 Å². The monoisotopic (exact) mass is 209 g/mol. The lowest BCUT2D eigenvalue weighted by Gasteiger charge is -2.25. The number of rotatable bonds is 4. The standard InChI is InChI=1S/C10H19N5/c1-4-5-7(2)15(3)9-6-8(11)13-10(12)14-9/h6-7H,4-5H2,1-3H3,(H4,11,12,13,14). The fourth-order valence-corrected chi connectivity index (χ4v) is 1.49. The number of nitrogens with zero attached hydrogens (tertiary/aromatic N) is 3. The Balaban J connectivity index is 2.85. The highest BCUT2D eigenvalue weighted by molar-refractivity contribution is 5.50. The Kier molecular flexibility index (Phi) is 3.71. The molecule has 0 spiro atoms. The summed E-state index contributed by atoms with van der Waals surface area (Å²) in [6.07, 6.45) is 2.25. The van der Waals surface area contributed by atoms with Gasteiger partial charge in [0, 0.05) is 19.2 Å². The molecule has 1 aromatic heterocycles. The van der Waals surface area contributed by atoms with Crippen LogP contribution in [0.15, 0.2) is 6.07 Å². The summed E-state index contributed by atoms with van der Waals surface area (Å²) >= 11 is 0. The van der Waals surface area contributed by atoms with Crippen molar-refractivity contribution in [2.45, 2.75) is 32.7 Å². The minimum Gasteiger partial charge on any atom is -0.383 e. The van der Waals surface area contributed by atoms with Gasteiger partial charge in [0.25, 0.3) is 0 Å². The number of aromatic nitrogens is 2. The van der Waals surface area contributed by atoms with E-state index in [2.05, 4.69) is 28.7 Å². The summed E-state index contributed by atoms with van der Waals surface area (Å²) in [5.41, 5.74) is 11.2. The van der Waals surface area contributed by atoms with Crippen molar-refractivity contribution in [3.8, 4) is 0 Å². The van der Waals surface area contributed by atoms with E-state index in [0.29, 0.717) is 11.9 Å². The summed E-state index contributed by atoms with van der Waals surface area (Å²) in [4.78, 5) is 10.1. The first-order valence-corrected chi connectivity index (χ1v) is 5.17. The first-order chi connectivity index (χ1) is 7.04. The van der Waals surface area contributed by atoms with Gasteiger partial charge in [0.2, 0.25) is 5.95 Å². The summed E-state index contributed by atoms with van der Waals surface area (Å²) in [7, 11) is 1.99. The van der Waals surface area contributed by atoms with Crippen LogP contribution in [0.25, 0.3) is 0 Å². The molecule has 0 amide bonds. The molecule has 0 radical (unpaired) electrons. The van der Waals surface area contributed by atoms with Gasteiger partial charge in [0.1, 0.15) is 11.6 Å². The van der Waals surface area contributed by atoms with Gasteiger partial charge in [0.05, 0.1) is 0 Å². The highest BCUT2D eigenvalue weighted by atomic mass is 15.2. The lowest BCUT2D eigenvalue weighted by molar-refractivity contribution is 0.611. The summed E-state index contributed by atoms with van der Waals surface area (Å²) in [5.74, 6) is 1.41. The second kappa shape index (κ2) is 4.82. The Labute approximate surface area is 90.5 Å². The molecule has 1 heterocycles. The van der Waals surface area contributed by atoms with E-state index < -0.39 is 0 Å². The van der Waals surface area contributed by atoms with Gasteiger partial charge in [-0.3, -0.25) is 0 Å². The molecule has 0 fully saturated rings. The highest BCUT2D eigenvalue weighted by Gasteiger charge is 2.11. The van der Waals surface area contributed by atoms with Crippen LogP contribution >= 0.6 is 0 Å². The Morgan fingerprint density at radius 1 is 1.40 bits per heavy atom. The van der Waals surface area contributed by atoms with Crippen molar-refractivity contribution in [2.24, 2.45) is 0 Å². The second-order valence-corrected chi connectivity index (χ2v) is 3.76. The molecule has 0 saturated carbocycles. The maximum absolute atomic E-state index is 5.61. The smallest absolute Gasteiger partial charge is 0.223 e. The first-order valence-electron chi connectivity index (χ1n) is 5.17. The molecule has 5 nitrogen and oxygen atoms in total. The van der Waals surface area contributed by atoms with E-state index in [1.165, 1.54) is 0 Å². The van der Waals surface area contributed by atoms with Crippen LogP contribution in [-0.4, -0.2) is 23.1 Å². The van der Waals surface area contributed by atoms with E-state index >= 15 is 0 Å². The average Bonchev–Trinajstić information content (AvgIpc) is 2.15. The topological polar surface area (TPSA) is 81.1 Å². The Bertz CT molecular complexity index is 305. The van der Waals surface area contributed by atoms with Crippen molar-refractivity contribution >= 4 is 17.6 Å². The maximum atomic E-state index is 5.61. The third-order valence-corrected chi connectivity index (χ3v) is 2.48. The Morgan fingerprint density at radius 3 is 2.60 bits per heavy atom. The zero-order valence-electron chi connectivity index (χ0n) is 9.57. The van der Waals surface area contributed by atoms with Gasteiger partial charge in [-0.1, -0.05) is 13.3 Å². The number of nitrogen functional groups attached to an aromatic ring is 2. The molecule has 1 atom stereocenters. The predicted octanol–water partition coefficient (Wildman–Crippen LogP) is 1.27. The molecule has 0 aliphatic rings. The van der Waals surface area contributed by atoms with Crippen LogP contribution in [-0.2, 0) is 0 Å². The van der Waals surface area contributed by atoms with Crippen LogP contribution in [0.1, 0.15) is 26.7 Å². The first kappa shape index (κ1) is 11.6. The molecule has 1 unspecified atom stereocenters. The average molecular weight is 209 g/mol. The van der Waals surface area contributed by atoms with Crippen molar-refractivity contribution in [3.05, 3.63) is 6.07 Å². The predicted molar refractivity (Wildman–Crippen MR) is 63.6 cm³/mol. The summed E-state index contributed by atoms with van der Waals surface area (Å²) < 4.78 is 0. The molecule has 0 aromatic carbocycles. The summed E-state index contributed by atoms with van der Waals surface area (Å²) in [6, 6.07) is 2.16. The van der Waals surface area contributed by atoms with Gasteiger partial charge >= 0.3 is 0 Å². The third kappa shape index (κ3) is 2.97. The zero-order chi connectivity index (χ0) is 11.4. The third-order valence-electron chi connectivity index (χ3n) is 2.48. The second-order valence-electron chi connectivity index (χ2n) is 3.76. The van der Waals surface area contributed by atoms with E-state index in [9.17, 15) is 0 Å². The van der Waals surface area contributed by atoms with Crippen LogP contribution in [0, 0.1) is 0 Å². The van der Waals surface area contributed by atoms with Crippen LogP contribution in [0.4, 0.5) is 17.6 Å². The fourth-order valence-electron chi connectivity index (χ4n) is 1.49. The van der Waals surface area contributed by atoms with Gasteiger partial charge in [-0.15, -0.1) is 0 Å². The highest BCUT2D eigenvalue weighted by Crippen LogP contribution is 2.17. The number of anilines is 3. The minimum absolute atomic E-state index is 0.223. The summed E-state index contributed by atoms with van der Waals surface area (Å²) in [6.45, 7) is 4.31. The minimum atomic E-state index is 0.223. The van der Waals surface area contributed by atoms with Crippen molar-refractivity contribution < 1.29 is 0 Å². The van der Waals surface area contributed by atoms with Crippen molar-refractivity contribution in [2.75, 3.05) is 23.4 Å². The van der Waals surface area contributed by atoms with Crippen molar-refractivity contribution in [1.29, 1.82) is 0 Å². The van der Waals surface area contributed by atoms with E-state index in [1.54, 1.807) is 6.07 Å². The Morgan fingerprint density at radius 2 is 2.07 bits per heavy atom. The van der Waals surface area contributed by atoms with Crippen molar-refractivity contribution in [3.63, 3.8) is 0 Å². The lowest BCUT2D eigenvalue weighted by Crippen LogP contribution is -2.29. The molecule has 0 aliphatic heterocycles. The van der Waals surface area contributed by atoms with Gasteiger partial charge in [0.15, 0.2) is 0 Å². The Hall–Kier alpha value is -1.52. The molecule has 0 aliphatic carbocycles. The van der Waals surface area contributed by atoms with Gasteiger partial charge in [-0.2, -0.15) is 9.97 Å². The molecular formula is C10H19N5. The maximum Gasteiger partial charge on any atom is 0.223 e. The van der Waals surface area contributed by atoms with Crippen molar-refractivity contribution in [1.82, 2.24) is 9.97 Å². The van der Waals surface area contributed by atoms with E-state index in [0.717, 1.165) is 18.7 Å². The number of hydrogen-bond acceptors (Lipinski definition) is 5. The normalized spacial score (nSPS) is 12.5. The SMILES string of the molecule is CCCC(C)N(C)c1cc(N)nc(N)n1.